The SMILES string of the molecule is Cc1cc(C(=O)Cn2cnc3sc(C)c(-c4cccs4)c3c2=O)ccc1F. The van der Waals surface area contributed by atoms with Crippen LogP contribution >= 0.6 is 22.7 Å². The number of benzene rings is 1. The molecular weight excluding hydrogens is 383 g/mol. The van der Waals surface area contributed by atoms with Crippen LogP contribution in [0.3, 0.4) is 0 Å². The number of hydrogen-bond donors (Lipinski definition) is 0. The average Bonchev–Trinajstić information content (AvgIpc) is 3.27. The van der Waals surface area contributed by atoms with Gasteiger partial charge in [-0.3, -0.25) is 14.2 Å². The first-order chi connectivity index (χ1) is 13.0. The van der Waals surface area contributed by atoms with E-state index in [0.29, 0.717) is 21.3 Å². The second-order valence-corrected chi connectivity index (χ2v) is 8.41. The van der Waals surface area contributed by atoms with Crippen molar-refractivity contribution >= 4 is 38.7 Å². The van der Waals surface area contributed by atoms with Gasteiger partial charge < -0.3 is 0 Å². The van der Waals surface area contributed by atoms with Gasteiger partial charge in [0.05, 0.1) is 18.3 Å². The molecule has 7 heteroatoms. The highest BCUT2D eigenvalue weighted by Gasteiger charge is 2.18. The number of aryl methyl sites for hydroxylation is 2. The van der Waals surface area contributed by atoms with Gasteiger partial charge in [0.2, 0.25) is 0 Å². The maximum absolute atomic E-state index is 13.4. The van der Waals surface area contributed by atoms with Gasteiger partial charge in [0.1, 0.15) is 10.6 Å². The summed E-state index contributed by atoms with van der Waals surface area (Å²) in [6, 6.07) is 8.12. The minimum atomic E-state index is -0.360. The highest BCUT2D eigenvalue weighted by molar-refractivity contribution is 7.20. The van der Waals surface area contributed by atoms with Gasteiger partial charge in [-0.05, 0) is 49.1 Å². The summed E-state index contributed by atoms with van der Waals surface area (Å²) >= 11 is 3.04. The molecule has 136 valence electrons. The lowest BCUT2D eigenvalue weighted by atomic mass is 10.1. The standard InChI is InChI=1S/C20H15FN2O2S2/c1-11-8-13(5-6-14(11)21)15(24)9-23-10-22-19-18(20(23)25)17(12(2)27-19)16-4-3-7-26-16/h3-8,10H,9H2,1-2H3. The second-order valence-electron chi connectivity index (χ2n) is 6.26. The molecule has 4 nitrogen and oxygen atoms in total. The zero-order chi connectivity index (χ0) is 19.1. The first kappa shape index (κ1) is 17.8. The van der Waals surface area contributed by atoms with E-state index in [9.17, 15) is 14.0 Å². The molecule has 3 aromatic heterocycles. The summed E-state index contributed by atoms with van der Waals surface area (Å²) in [6.45, 7) is 3.44. The van der Waals surface area contributed by atoms with E-state index in [1.807, 2.05) is 24.4 Å². The van der Waals surface area contributed by atoms with Crippen LogP contribution in [-0.4, -0.2) is 15.3 Å². The number of fused-ring (bicyclic) bond motifs is 1. The number of Topliss-reactive ketones (excluding diaryl/α,β-unsaturated/α-hetero) is 1. The number of halogens is 1. The predicted molar refractivity (Wildman–Crippen MR) is 107 cm³/mol. The Kier molecular flexibility index (Phi) is 4.49. The van der Waals surface area contributed by atoms with E-state index in [-0.39, 0.29) is 23.7 Å². The fourth-order valence-electron chi connectivity index (χ4n) is 3.03. The van der Waals surface area contributed by atoms with Crippen molar-refractivity contribution in [2.75, 3.05) is 0 Å². The molecule has 0 atom stereocenters. The van der Waals surface area contributed by atoms with Crippen molar-refractivity contribution in [2.45, 2.75) is 20.4 Å². The molecule has 0 N–H and O–H groups in total. The molecule has 0 radical (unpaired) electrons. The molecule has 0 aliphatic carbocycles. The quantitative estimate of drug-likeness (QED) is 0.463. The normalized spacial score (nSPS) is 11.2. The van der Waals surface area contributed by atoms with E-state index in [1.165, 1.54) is 40.4 Å². The van der Waals surface area contributed by atoms with Gasteiger partial charge in [0, 0.05) is 20.9 Å². The Morgan fingerprint density at radius 1 is 1.26 bits per heavy atom. The molecule has 0 aliphatic rings. The van der Waals surface area contributed by atoms with Crippen molar-refractivity contribution in [3.05, 3.63) is 74.2 Å². The van der Waals surface area contributed by atoms with E-state index in [2.05, 4.69) is 4.98 Å². The second kappa shape index (κ2) is 6.83. The van der Waals surface area contributed by atoms with Crippen LogP contribution in [0.5, 0.6) is 0 Å². The van der Waals surface area contributed by atoms with Gasteiger partial charge in [0.15, 0.2) is 5.78 Å². The molecule has 27 heavy (non-hydrogen) atoms. The van der Waals surface area contributed by atoms with E-state index in [4.69, 9.17) is 0 Å². The highest BCUT2D eigenvalue weighted by atomic mass is 32.1. The number of ketones is 1. The zero-order valence-corrected chi connectivity index (χ0v) is 16.3. The van der Waals surface area contributed by atoms with Crippen LogP contribution in [0.2, 0.25) is 0 Å². The van der Waals surface area contributed by atoms with Crippen molar-refractivity contribution in [1.82, 2.24) is 9.55 Å². The van der Waals surface area contributed by atoms with Crippen LogP contribution in [0.15, 0.2) is 46.8 Å². The minimum absolute atomic E-state index is 0.133. The molecule has 4 aromatic rings. The number of nitrogens with zero attached hydrogens (tertiary/aromatic N) is 2. The fraction of sp³-hybridized carbons (Fsp3) is 0.150. The van der Waals surface area contributed by atoms with Crippen molar-refractivity contribution in [3.8, 4) is 10.4 Å². The Morgan fingerprint density at radius 3 is 2.78 bits per heavy atom. The smallest absolute Gasteiger partial charge is 0.263 e. The Morgan fingerprint density at radius 2 is 2.07 bits per heavy atom. The number of rotatable bonds is 4. The molecular formula is C20H15FN2O2S2. The number of thiophene rings is 2. The topological polar surface area (TPSA) is 52.0 Å². The van der Waals surface area contributed by atoms with Crippen LogP contribution in [0.1, 0.15) is 20.8 Å². The van der Waals surface area contributed by atoms with E-state index >= 15 is 0 Å². The van der Waals surface area contributed by atoms with Gasteiger partial charge in [-0.2, -0.15) is 0 Å². The lowest BCUT2D eigenvalue weighted by Gasteiger charge is -2.07. The summed E-state index contributed by atoms with van der Waals surface area (Å²) in [5.74, 6) is -0.618. The summed E-state index contributed by atoms with van der Waals surface area (Å²) in [5.41, 5.74) is 1.43. The van der Waals surface area contributed by atoms with Gasteiger partial charge in [-0.25, -0.2) is 9.37 Å². The highest BCUT2D eigenvalue weighted by Crippen LogP contribution is 2.37. The molecule has 0 spiro atoms. The van der Waals surface area contributed by atoms with Crippen LogP contribution in [0.25, 0.3) is 20.7 Å². The Labute approximate surface area is 162 Å². The third-order valence-corrected chi connectivity index (χ3v) is 6.32. The van der Waals surface area contributed by atoms with Gasteiger partial charge in [0.25, 0.3) is 5.56 Å². The maximum atomic E-state index is 13.4. The van der Waals surface area contributed by atoms with Crippen LogP contribution in [0, 0.1) is 19.7 Å². The molecule has 0 unspecified atom stereocenters. The number of hydrogen-bond acceptors (Lipinski definition) is 5. The van der Waals surface area contributed by atoms with Crippen molar-refractivity contribution < 1.29 is 9.18 Å². The van der Waals surface area contributed by atoms with Gasteiger partial charge in [-0.1, -0.05) is 6.07 Å². The van der Waals surface area contributed by atoms with E-state index < -0.39 is 0 Å². The number of carbonyl (C=O) groups excluding carboxylic acids is 1. The van der Waals surface area contributed by atoms with Crippen molar-refractivity contribution in [3.63, 3.8) is 0 Å². The largest absolute Gasteiger partial charge is 0.292 e. The molecule has 0 saturated carbocycles. The third-order valence-electron chi connectivity index (χ3n) is 4.42. The summed E-state index contributed by atoms with van der Waals surface area (Å²) < 4.78 is 14.8. The van der Waals surface area contributed by atoms with E-state index in [1.54, 1.807) is 18.3 Å². The van der Waals surface area contributed by atoms with E-state index in [0.717, 1.165) is 15.3 Å². The van der Waals surface area contributed by atoms with Gasteiger partial charge >= 0.3 is 0 Å². The number of aromatic nitrogens is 2. The van der Waals surface area contributed by atoms with Gasteiger partial charge in [-0.15, -0.1) is 22.7 Å². The Hall–Kier alpha value is -2.64. The maximum Gasteiger partial charge on any atom is 0.263 e. The molecule has 1 aromatic carbocycles. The Bertz CT molecular complexity index is 1220. The number of carbonyl (C=O) groups is 1. The first-order valence-electron chi connectivity index (χ1n) is 8.27. The minimum Gasteiger partial charge on any atom is -0.292 e. The molecule has 0 bridgehead atoms. The summed E-state index contributed by atoms with van der Waals surface area (Å²) in [7, 11) is 0. The molecule has 0 aliphatic heterocycles. The van der Waals surface area contributed by atoms with Crippen molar-refractivity contribution in [2.24, 2.45) is 0 Å². The molecule has 3 heterocycles. The summed E-state index contributed by atoms with van der Waals surface area (Å²) in [4.78, 5) is 32.7. The molecule has 4 rings (SSSR count). The summed E-state index contributed by atoms with van der Waals surface area (Å²) in [5, 5.41) is 2.51. The molecule has 0 saturated heterocycles. The summed E-state index contributed by atoms with van der Waals surface area (Å²) in [6.07, 6.45) is 1.41. The molecule has 0 fully saturated rings. The average molecular weight is 398 g/mol. The van der Waals surface area contributed by atoms with Crippen LogP contribution in [-0.2, 0) is 6.54 Å². The van der Waals surface area contributed by atoms with Crippen LogP contribution in [0.4, 0.5) is 4.39 Å². The fourth-order valence-corrected chi connectivity index (χ4v) is 4.93. The Balaban J connectivity index is 1.78. The lowest BCUT2D eigenvalue weighted by molar-refractivity contribution is 0.0970. The lowest BCUT2D eigenvalue weighted by Crippen LogP contribution is -2.24. The van der Waals surface area contributed by atoms with Crippen LogP contribution < -0.4 is 5.56 Å². The first-order valence-corrected chi connectivity index (χ1v) is 9.97. The van der Waals surface area contributed by atoms with Crippen molar-refractivity contribution in [1.29, 1.82) is 0 Å². The zero-order valence-electron chi connectivity index (χ0n) is 14.7. The third kappa shape index (κ3) is 3.13. The molecule has 0 amide bonds. The monoisotopic (exact) mass is 398 g/mol. The predicted octanol–water partition coefficient (Wildman–Crippen LogP) is 4.83.